The molecule has 0 spiro atoms. The molecule has 1 atom stereocenters. The van der Waals surface area contributed by atoms with Crippen LogP contribution in [0, 0.1) is 11.7 Å². The van der Waals surface area contributed by atoms with Gasteiger partial charge < -0.3 is 19.8 Å². The summed E-state index contributed by atoms with van der Waals surface area (Å²) in [4.78, 5) is 86.3. The zero-order valence-corrected chi connectivity index (χ0v) is 28.5. The molecule has 4 aliphatic heterocycles. The van der Waals surface area contributed by atoms with Crippen LogP contribution in [0.1, 0.15) is 65.1 Å². The number of hydrogen-bond acceptors (Lipinski definition) is 11. The topological polar surface area (TPSA) is 180 Å². The van der Waals surface area contributed by atoms with Gasteiger partial charge in [-0.05, 0) is 63.2 Å². The molecule has 0 bridgehead atoms. The Hall–Kier alpha value is -4.67. The van der Waals surface area contributed by atoms with E-state index in [0.29, 0.717) is 42.3 Å². The fraction of sp³-hybridized carbons (Fsp3) is 0.457. The normalized spacial score (nSPS) is 20.5. The molecular weight excluding hydrogens is 683 g/mol. The lowest BCUT2D eigenvalue weighted by Crippen LogP contribution is -2.54. The summed E-state index contributed by atoms with van der Waals surface area (Å²) in [6.45, 7) is 3.04. The van der Waals surface area contributed by atoms with Crippen LogP contribution in [-0.4, -0.2) is 100 Å². The molecule has 3 aromatic rings. The molecular formula is C35H37FN6O8S. The Morgan fingerprint density at radius 3 is 2.59 bits per heavy atom. The summed E-state index contributed by atoms with van der Waals surface area (Å²) in [6.07, 6.45) is 3.38. The van der Waals surface area contributed by atoms with E-state index in [1.54, 1.807) is 23.9 Å². The van der Waals surface area contributed by atoms with E-state index in [9.17, 15) is 33.2 Å². The van der Waals surface area contributed by atoms with Crippen molar-refractivity contribution in [2.45, 2.75) is 55.6 Å². The van der Waals surface area contributed by atoms with Crippen LogP contribution in [0.3, 0.4) is 0 Å². The van der Waals surface area contributed by atoms with Crippen molar-refractivity contribution >= 4 is 57.9 Å². The van der Waals surface area contributed by atoms with Crippen LogP contribution in [0.15, 0.2) is 35.1 Å². The molecule has 14 nitrogen and oxygen atoms in total. The fourth-order valence-electron chi connectivity index (χ4n) is 6.98. The first-order valence-electron chi connectivity index (χ1n) is 17.1. The predicted molar refractivity (Wildman–Crippen MR) is 184 cm³/mol. The van der Waals surface area contributed by atoms with Crippen molar-refractivity contribution in [3.05, 3.63) is 63.5 Å². The van der Waals surface area contributed by atoms with E-state index in [0.717, 1.165) is 43.8 Å². The second kappa shape index (κ2) is 14.9. The summed E-state index contributed by atoms with van der Waals surface area (Å²) < 4.78 is 26.4. The van der Waals surface area contributed by atoms with Crippen molar-refractivity contribution in [3.8, 4) is 5.75 Å². The Morgan fingerprint density at radius 2 is 1.82 bits per heavy atom. The minimum Gasteiger partial charge on any atom is -0.493 e. The lowest BCUT2D eigenvalue weighted by Gasteiger charge is -2.31. The van der Waals surface area contributed by atoms with E-state index >= 15 is 0 Å². The minimum absolute atomic E-state index is 0.00953. The summed E-state index contributed by atoms with van der Waals surface area (Å²) in [5.41, 5.74) is 0.0109. The van der Waals surface area contributed by atoms with Crippen molar-refractivity contribution < 1.29 is 37.8 Å². The van der Waals surface area contributed by atoms with Gasteiger partial charge in [-0.15, -0.1) is 0 Å². The highest BCUT2D eigenvalue weighted by molar-refractivity contribution is 7.99. The first-order valence-corrected chi connectivity index (χ1v) is 18.1. The number of anilines is 1. The van der Waals surface area contributed by atoms with Crippen LogP contribution in [0.25, 0.3) is 10.9 Å². The second-order valence-electron chi connectivity index (χ2n) is 13.2. The van der Waals surface area contributed by atoms with Crippen molar-refractivity contribution in [1.29, 1.82) is 0 Å². The van der Waals surface area contributed by atoms with E-state index < -0.39 is 41.0 Å². The Balaban J connectivity index is 0.911. The highest BCUT2D eigenvalue weighted by Crippen LogP contribution is 2.33. The van der Waals surface area contributed by atoms with Crippen molar-refractivity contribution in [2.75, 3.05) is 44.8 Å². The summed E-state index contributed by atoms with van der Waals surface area (Å²) >= 11 is 1.70. The predicted octanol–water partition coefficient (Wildman–Crippen LogP) is 2.61. The maximum absolute atomic E-state index is 15.0. The average Bonchev–Trinajstić information content (AvgIpc) is 3.36. The third-order valence-electron chi connectivity index (χ3n) is 9.71. The Morgan fingerprint density at radius 1 is 1.04 bits per heavy atom. The van der Waals surface area contributed by atoms with Gasteiger partial charge in [-0.25, -0.2) is 9.37 Å². The van der Waals surface area contributed by atoms with Crippen molar-refractivity contribution in [1.82, 2.24) is 25.1 Å². The molecule has 5 amide bonds. The van der Waals surface area contributed by atoms with Gasteiger partial charge in [-0.1, -0.05) is 6.07 Å². The second-order valence-corrected chi connectivity index (χ2v) is 14.5. The molecule has 7 rings (SSSR count). The van der Waals surface area contributed by atoms with Gasteiger partial charge in [-0.2, -0.15) is 11.8 Å². The number of likely N-dealkylation sites (tertiary alicyclic amines) is 1. The number of benzene rings is 2. The fourth-order valence-corrected chi connectivity index (χ4v) is 8.03. The number of nitrogens with one attached hydrogen (secondary N) is 3. The highest BCUT2D eigenvalue weighted by atomic mass is 32.2. The summed E-state index contributed by atoms with van der Waals surface area (Å²) in [5, 5.41) is 5.26. The van der Waals surface area contributed by atoms with Gasteiger partial charge in [-0.3, -0.25) is 43.9 Å². The number of carbonyl (C=O) groups excluding carboxylic acids is 5. The van der Waals surface area contributed by atoms with E-state index in [1.807, 2.05) is 4.90 Å². The molecule has 1 aromatic heterocycles. The summed E-state index contributed by atoms with van der Waals surface area (Å²) in [7, 11) is 0. The molecule has 3 N–H and O–H groups in total. The molecule has 0 aliphatic carbocycles. The largest absolute Gasteiger partial charge is 0.493 e. The van der Waals surface area contributed by atoms with Crippen LogP contribution < -0.4 is 20.9 Å². The number of rotatable bonds is 10. The number of halogens is 1. The summed E-state index contributed by atoms with van der Waals surface area (Å²) in [5.74, 6) is -2.12. The van der Waals surface area contributed by atoms with Gasteiger partial charge in [0.25, 0.3) is 17.4 Å². The standard InChI is InChI=1S/C35H37FN6O8S/c36-23-14-20(15-25-31(23)33(46)39-27(37-25)18-51-21-8-12-49-13-9-21)50-17-19-6-10-41(11-7-19)16-29(44)38-24-3-1-2-22-30(24)35(48)42(34(22)47)26-4-5-28(43)40-32(26)45/h1-3,14-15,19,21,26H,4-13,16-18H2,(H,38,44)(H,37,39,46)(H,40,43,45). The number of aromatic amines is 1. The van der Waals surface area contributed by atoms with Crippen LogP contribution in [0.2, 0.25) is 0 Å². The number of imide groups is 2. The van der Waals surface area contributed by atoms with Crippen molar-refractivity contribution in [3.63, 3.8) is 0 Å². The Bertz CT molecular complexity index is 1960. The number of piperidine rings is 2. The van der Waals surface area contributed by atoms with Crippen LogP contribution in [0.5, 0.6) is 5.75 Å². The zero-order chi connectivity index (χ0) is 35.6. The van der Waals surface area contributed by atoms with Crippen LogP contribution >= 0.6 is 11.8 Å². The molecule has 4 aliphatic rings. The number of hydrogen-bond donors (Lipinski definition) is 3. The monoisotopic (exact) mass is 720 g/mol. The number of thioether (sulfide) groups is 1. The molecule has 1 unspecified atom stereocenters. The third kappa shape index (κ3) is 7.53. The van der Waals surface area contributed by atoms with Gasteiger partial charge >= 0.3 is 0 Å². The van der Waals surface area contributed by atoms with E-state index in [4.69, 9.17) is 9.47 Å². The number of aromatic nitrogens is 2. The van der Waals surface area contributed by atoms with Crippen LogP contribution in [0.4, 0.5) is 10.1 Å². The lowest BCUT2D eigenvalue weighted by atomic mass is 9.98. The van der Waals surface area contributed by atoms with Gasteiger partial charge in [0.05, 0.1) is 41.2 Å². The lowest BCUT2D eigenvalue weighted by molar-refractivity contribution is -0.136. The van der Waals surface area contributed by atoms with E-state index in [1.165, 1.54) is 18.2 Å². The van der Waals surface area contributed by atoms with Gasteiger partial charge in [0.15, 0.2) is 0 Å². The van der Waals surface area contributed by atoms with Gasteiger partial charge in [0.2, 0.25) is 17.7 Å². The first kappa shape index (κ1) is 34.8. The first-order chi connectivity index (χ1) is 24.6. The average molecular weight is 721 g/mol. The number of ether oxygens (including phenoxy) is 2. The Kier molecular flexibility index (Phi) is 10.2. The molecule has 0 saturated carbocycles. The van der Waals surface area contributed by atoms with Crippen LogP contribution in [-0.2, 0) is 24.9 Å². The summed E-state index contributed by atoms with van der Waals surface area (Å²) in [6, 6.07) is 6.26. The quantitative estimate of drug-likeness (QED) is 0.262. The zero-order valence-electron chi connectivity index (χ0n) is 27.7. The van der Waals surface area contributed by atoms with Crippen molar-refractivity contribution in [2.24, 2.45) is 5.92 Å². The number of H-pyrrole nitrogens is 1. The number of amides is 5. The minimum atomic E-state index is -1.10. The molecule has 3 fully saturated rings. The van der Waals surface area contributed by atoms with E-state index in [-0.39, 0.29) is 58.9 Å². The molecule has 5 heterocycles. The SMILES string of the molecule is O=C1CCC(N2C(=O)c3cccc(NC(=O)CN4CCC(COc5cc(F)c6c(=O)[nH]c(CSC7CCOCC7)nc6c5)CC4)c3C2=O)C(=O)N1. The molecule has 268 valence electrons. The molecule has 2 aromatic carbocycles. The number of nitrogens with zero attached hydrogens (tertiary/aromatic N) is 3. The number of carbonyl (C=O) groups is 5. The maximum Gasteiger partial charge on any atom is 0.264 e. The molecule has 0 radical (unpaired) electrons. The highest BCUT2D eigenvalue weighted by Gasteiger charge is 2.45. The third-order valence-corrected chi connectivity index (χ3v) is 11.1. The van der Waals surface area contributed by atoms with E-state index in [2.05, 4.69) is 20.6 Å². The maximum atomic E-state index is 15.0. The van der Waals surface area contributed by atoms with Gasteiger partial charge in [0, 0.05) is 37.0 Å². The molecule has 16 heteroatoms. The Labute approximate surface area is 295 Å². The number of fused-ring (bicyclic) bond motifs is 2. The van der Waals surface area contributed by atoms with Gasteiger partial charge in [0.1, 0.15) is 28.8 Å². The molecule has 51 heavy (non-hydrogen) atoms. The smallest absolute Gasteiger partial charge is 0.264 e. The molecule has 3 saturated heterocycles.